The molecule has 48 heavy (non-hydrogen) atoms. The first-order valence-corrected chi connectivity index (χ1v) is 15.8. The fourth-order valence-corrected chi connectivity index (χ4v) is 5.98. The molecule has 242 valence electrons. The van der Waals surface area contributed by atoms with Crippen LogP contribution in [0.5, 0.6) is 5.75 Å². The van der Waals surface area contributed by atoms with Crippen LogP contribution in [0.3, 0.4) is 0 Å². The number of rotatable bonds is 14. The fraction of sp³-hybridized carbons (Fsp3) is 0.211. The molecule has 1 heterocycles. The van der Waals surface area contributed by atoms with Crippen LogP contribution in [0.15, 0.2) is 131 Å². The number of aliphatic hydroxyl groups excluding tert-OH is 1. The average molecular weight is 641 g/mol. The summed E-state index contributed by atoms with van der Waals surface area (Å²) in [6.07, 6.45) is -0.0834. The average Bonchev–Trinajstić information content (AvgIpc) is 3.51. The topological polar surface area (TPSA) is 141 Å². The zero-order valence-electron chi connectivity index (χ0n) is 26.3. The predicted molar refractivity (Wildman–Crippen MR) is 185 cm³/mol. The Hall–Kier alpha value is -5.67. The van der Waals surface area contributed by atoms with Gasteiger partial charge in [-0.1, -0.05) is 102 Å². The van der Waals surface area contributed by atoms with E-state index in [-0.39, 0.29) is 25.5 Å². The monoisotopic (exact) mass is 640 g/mol. The quantitative estimate of drug-likeness (QED) is 0.0406. The maximum Gasteiger partial charge on any atom is 0.266 e. The van der Waals surface area contributed by atoms with Gasteiger partial charge < -0.3 is 14.6 Å². The summed E-state index contributed by atoms with van der Waals surface area (Å²) in [6, 6.07) is 38.7. The van der Waals surface area contributed by atoms with Crippen molar-refractivity contribution in [2.45, 2.75) is 37.6 Å². The SMILES string of the molecule is [N-]=[N+]=NCc1ccccc1[C@@H]1OC(c2ccc(OCCCO)cc2)=N[C@]1(Cc1ccccc1)C(=O)NNCc1cccc2ccccc12. The number of aliphatic imine (C=N–C) groups is 1. The number of hydrazine groups is 1. The van der Waals surface area contributed by atoms with E-state index in [1.165, 1.54) is 0 Å². The molecule has 0 fully saturated rings. The summed E-state index contributed by atoms with van der Waals surface area (Å²) >= 11 is 0. The summed E-state index contributed by atoms with van der Waals surface area (Å²) in [4.78, 5) is 22.7. The van der Waals surface area contributed by atoms with Gasteiger partial charge in [0.25, 0.3) is 5.91 Å². The van der Waals surface area contributed by atoms with Crippen molar-refractivity contribution in [2.75, 3.05) is 13.2 Å². The van der Waals surface area contributed by atoms with E-state index >= 15 is 0 Å². The first-order valence-electron chi connectivity index (χ1n) is 15.8. The summed E-state index contributed by atoms with van der Waals surface area (Å²) in [7, 11) is 0. The summed E-state index contributed by atoms with van der Waals surface area (Å²) in [5.41, 5.74) is 17.9. The number of hydrogen-bond acceptors (Lipinski definition) is 7. The molecule has 0 bridgehead atoms. The first-order chi connectivity index (χ1) is 23.6. The second kappa shape index (κ2) is 15.3. The van der Waals surface area contributed by atoms with Gasteiger partial charge in [-0.2, -0.15) is 0 Å². The molecule has 5 aromatic carbocycles. The first kappa shape index (κ1) is 32.3. The van der Waals surface area contributed by atoms with E-state index < -0.39 is 11.6 Å². The maximum atomic E-state index is 14.6. The third-order valence-electron chi connectivity index (χ3n) is 8.35. The molecule has 0 radical (unpaired) electrons. The lowest BCUT2D eigenvalue weighted by molar-refractivity contribution is -0.130. The lowest BCUT2D eigenvalue weighted by Gasteiger charge is -2.32. The van der Waals surface area contributed by atoms with E-state index in [1.807, 2.05) is 103 Å². The van der Waals surface area contributed by atoms with Gasteiger partial charge in [-0.3, -0.25) is 10.2 Å². The Morgan fingerprint density at radius 3 is 2.46 bits per heavy atom. The van der Waals surface area contributed by atoms with Crippen LogP contribution in [0, 0.1) is 0 Å². The highest BCUT2D eigenvalue weighted by Crippen LogP contribution is 2.43. The Kier molecular flexibility index (Phi) is 10.3. The number of ether oxygens (including phenoxy) is 2. The molecule has 5 aromatic rings. The van der Waals surface area contributed by atoms with Gasteiger partial charge in [0.15, 0.2) is 11.6 Å². The molecule has 0 saturated heterocycles. The van der Waals surface area contributed by atoms with Crippen molar-refractivity contribution in [2.24, 2.45) is 10.1 Å². The van der Waals surface area contributed by atoms with Gasteiger partial charge in [-0.25, -0.2) is 10.4 Å². The molecule has 0 unspecified atom stereocenters. The summed E-state index contributed by atoms with van der Waals surface area (Å²) in [5.74, 6) is 0.586. The lowest BCUT2D eigenvalue weighted by Crippen LogP contribution is -2.53. The van der Waals surface area contributed by atoms with Gasteiger partial charge in [-0.05, 0) is 62.8 Å². The van der Waals surface area contributed by atoms with Crippen molar-refractivity contribution in [1.82, 2.24) is 10.9 Å². The van der Waals surface area contributed by atoms with Crippen LogP contribution in [-0.4, -0.2) is 35.7 Å². The third-order valence-corrected chi connectivity index (χ3v) is 8.35. The highest BCUT2D eigenvalue weighted by molar-refractivity contribution is 6.01. The number of azide groups is 1. The van der Waals surface area contributed by atoms with E-state index in [0.29, 0.717) is 42.3 Å². The summed E-state index contributed by atoms with van der Waals surface area (Å²) in [5, 5.41) is 15.1. The number of nitrogens with zero attached hydrogens (tertiary/aromatic N) is 4. The Bertz CT molecular complexity index is 1940. The van der Waals surface area contributed by atoms with Crippen LogP contribution >= 0.6 is 0 Å². The Morgan fingerprint density at radius 2 is 1.65 bits per heavy atom. The third kappa shape index (κ3) is 7.16. The molecule has 0 aliphatic carbocycles. The normalized spacial score (nSPS) is 16.9. The molecule has 10 nitrogen and oxygen atoms in total. The molecule has 10 heteroatoms. The van der Waals surface area contributed by atoms with Gasteiger partial charge in [0.05, 0.1) is 13.2 Å². The molecule has 1 aliphatic heterocycles. The van der Waals surface area contributed by atoms with Crippen molar-refractivity contribution in [3.8, 4) is 5.75 Å². The van der Waals surface area contributed by atoms with E-state index in [9.17, 15) is 4.79 Å². The molecule has 1 aliphatic rings. The van der Waals surface area contributed by atoms with Crippen LogP contribution < -0.4 is 15.6 Å². The van der Waals surface area contributed by atoms with Gasteiger partial charge in [0.1, 0.15) is 5.75 Å². The molecular weight excluding hydrogens is 604 g/mol. The molecule has 0 saturated carbocycles. The zero-order valence-corrected chi connectivity index (χ0v) is 26.3. The van der Waals surface area contributed by atoms with Crippen LogP contribution in [-0.2, 0) is 29.0 Å². The van der Waals surface area contributed by atoms with Crippen molar-refractivity contribution >= 4 is 22.6 Å². The predicted octanol–water partition coefficient (Wildman–Crippen LogP) is 6.73. The van der Waals surface area contributed by atoms with Gasteiger partial charge in [0, 0.05) is 36.5 Å². The second-order valence-electron chi connectivity index (χ2n) is 11.5. The molecular formula is C38H36N6O4. The minimum atomic E-state index is -1.44. The van der Waals surface area contributed by atoms with Crippen LogP contribution in [0.25, 0.3) is 21.2 Å². The fourth-order valence-electron chi connectivity index (χ4n) is 5.98. The Morgan fingerprint density at radius 1 is 0.917 bits per heavy atom. The molecule has 6 rings (SSSR count). The summed E-state index contributed by atoms with van der Waals surface area (Å²) in [6.45, 7) is 0.920. The number of aliphatic hydroxyl groups is 1. The molecule has 0 spiro atoms. The van der Waals surface area contributed by atoms with Crippen LogP contribution in [0.4, 0.5) is 0 Å². The van der Waals surface area contributed by atoms with Crippen molar-refractivity contribution < 1.29 is 19.4 Å². The molecule has 1 amide bonds. The highest BCUT2D eigenvalue weighted by atomic mass is 16.5. The molecule has 0 aromatic heterocycles. The van der Waals surface area contributed by atoms with Crippen LogP contribution in [0.1, 0.15) is 40.3 Å². The minimum absolute atomic E-state index is 0.0492. The molecule has 2 atom stereocenters. The largest absolute Gasteiger partial charge is 0.494 e. The van der Waals surface area contributed by atoms with Crippen LogP contribution in [0.2, 0.25) is 0 Å². The van der Waals surface area contributed by atoms with Crippen molar-refractivity contribution in [3.63, 3.8) is 0 Å². The second-order valence-corrected chi connectivity index (χ2v) is 11.5. The number of amides is 1. The Balaban J connectivity index is 1.38. The number of nitrogens with one attached hydrogen (secondary N) is 2. The lowest BCUT2D eigenvalue weighted by atomic mass is 9.81. The standard InChI is InChI=1S/C38H36N6O4/c39-44-41-26-31-13-5-7-17-34(31)35-38(24-27-10-2-1-3-11-27,42-36(48-35)29-18-20-32(21-19-29)47-23-9-22-45)37(46)43-40-25-30-15-8-14-28-12-4-6-16-33(28)30/h1-8,10-21,35,40,45H,9,22-26H2,(H,43,46)/t35-,38-/m0/s1. The van der Waals surface area contributed by atoms with Crippen molar-refractivity contribution in [3.05, 3.63) is 160 Å². The van der Waals surface area contributed by atoms with E-state index in [4.69, 9.17) is 25.1 Å². The van der Waals surface area contributed by atoms with Crippen molar-refractivity contribution in [1.29, 1.82) is 0 Å². The molecule has 3 N–H and O–H groups in total. The van der Waals surface area contributed by atoms with Gasteiger partial charge in [-0.15, -0.1) is 0 Å². The highest BCUT2D eigenvalue weighted by Gasteiger charge is 2.53. The van der Waals surface area contributed by atoms with Gasteiger partial charge in [0.2, 0.25) is 5.90 Å². The maximum absolute atomic E-state index is 14.6. The smallest absolute Gasteiger partial charge is 0.266 e. The Labute approximate surface area is 278 Å². The van der Waals surface area contributed by atoms with E-state index in [1.54, 1.807) is 0 Å². The number of carbonyl (C=O) groups excluding carboxylic acids is 1. The van der Waals surface area contributed by atoms with E-state index in [2.05, 4.69) is 39.1 Å². The number of hydrogen-bond donors (Lipinski definition) is 3. The minimum Gasteiger partial charge on any atom is -0.494 e. The zero-order chi connectivity index (χ0) is 33.2. The number of benzene rings is 5. The number of fused-ring (bicyclic) bond motifs is 1. The number of carbonyl (C=O) groups is 1. The van der Waals surface area contributed by atoms with E-state index in [0.717, 1.165) is 27.5 Å². The van der Waals surface area contributed by atoms with Gasteiger partial charge >= 0.3 is 0 Å². The summed E-state index contributed by atoms with van der Waals surface area (Å²) < 4.78 is 12.4.